The Kier molecular flexibility index (Phi) is 3.63. The van der Waals surface area contributed by atoms with Crippen molar-refractivity contribution in [1.82, 2.24) is 0 Å². The molecule has 0 bridgehead atoms. The van der Waals surface area contributed by atoms with E-state index in [0.29, 0.717) is 17.8 Å². The molecule has 0 fully saturated rings. The molecular weight excluding hydrogens is 283 g/mol. The van der Waals surface area contributed by atoms with Crippen LogP contribution in [0.4, 0.5) is 15.8 Å². The zero-order valence-corrected chi connectivity index (χ0v) is 12.1. The Hall–Kier alpha value is -2.69. The van der Waals surface area contributed by atoms with Crippen molar-refractivity contribution in [3.8, 4) is 0 Å². The number of carbonyl (C=O) groups is 2. The fourth-order valence-corrected chi connectivity index (χ4v) is 2.61. The van der Waals surface area contributed by atoms with Crippen molar-refractivity contribution in [2.75, 3.05) is 16.8 Å². The molecular formula is C17H15FN2O2. The molecule has 0 aromatic heterocycles. The number of fused-ring (bicyclic) bond motifs is 1. The van der Waals surface area contributed by atoms with Gasteiger partial charge in [0.1, 0.15) is 5.82 Å². The lowest BCUT2D eigenvalue weighted by Crippen LogP contribution is -2.25. The van der Waals surface area contributed by atoms with E-state index >= 15 is 0 Å². The molecule has 112 valence electrons. The summed E-state index contributed by atoms with van der Waals surface area (Å²) in [5.74, 6) is -0.599. The van der Waals surface area contributed by atoms with Gasteiger partial charge in [0, 0.05) is 30.4 Å². The van der Waals surface area contributed by atoms with E-state index in [1.165, 1.54) is 31.2 Å². The molecule has 0 spiro atoms. The van der Waals surface area contributed by atoms with Crippen LogP contribution in [0, 0.1) is 5.82 Å². The average Bonchev–Trinajstić information content (AvgIpc) is 2.92. The summed E-state index contributed by atoms with van der Waals surface area (Å²) in [5.41, 5.74) is 2.92. The van der Waals surface area contributed by atoms with Gasteiger partial charge >= 0.3 is 0 Å². The Morgan fingerprint density at radius 1 is 1.14 bits per heavy atom. The Morgan fingerprint density at radius 3 is 2.55 bits per heavy atom. The second kappa shape index (κ2) is 5.60. The zero-order chi connectivity index (χ0) is 15.7. The zero-order valence-electron chi connectivity index (χ0n) is 12.1. The number of nitrogens with one attached hydrogen (secondary N) is 1. The van der Waals surface area contributed by atoms with Gasteiger partial charge in [0.2, 0.25) is 5.91 Å². The summed E-state index contributed by atoms with van der Waals surface area (Å²) in [6.45, 7) is 2.18. The molecule has 22 heavy (non-hydrogen) atoms. The molecule has 0 radical (unpaired) electrons. The lowest BCUT2D eigenvalue weighted by atomic mass is 10.1. The van der Waals surface area contributed by atoms with E-state index in [2.05, 4.69) is 5.32 Å². The minimum Gasteiger partial charge on any atom is -0.322 e. The molecule has 2 aromatic carbocycles. The van der Waals surface area contributed by atoms with Gasteiger partial charge in [-0.15, -0.1) is 0 Å². The van der Waals surface area contributed by atoms with Gasteiger partial charge in [-0.2, -0.15) is 0 Å². The van der Waals surface area contributed by atoms with Crippen molar-refractivity contribution < 1.29 is 14.0 Å². The standard InChI is InChI=1S/C17H15FN2O2/c1-11(21)20-9-8-12-10-13(2-7-16(12)20)17(22)19-15-5-3-14(18)4-6-15/h2-7,10H,8-9H2,1H3,(H,19,22). The van der Waals surface area contributed by atoms with Crippen molar-refractivity contribution in [2.45, 2.75) is 13.3 Å². The molecule has 1 heterocycles. The average molecular weight is 298 g/mol. The summed E-state index contributed by atoms with van der Waals surface area (Å²) < 4.78 is 12.9. The highest BCUT2D eigenvalue weighted by atomic mass is 19.1. The summed E-state index contributed by atoms with van der Waals surface area (Å²) >= 11 is 0. The number of rotatable bonds is 2. The van der Waals surface area contributed by atoms with Crippen molar-refractivity contribution in [3.05, 3.63) is 59.4 Å². The highest BCUT2D eigenvalue weighted by molar-refractivity contribution is 6.05. The number of carbonyl (C=O) groups excluding carboxylic acids is 2. The molecule has 4 nitrogen and oxygen atoms in total. The van der Waals surface area contributed by atoms with E-state index in [4.69, 9.17) is 0 Å². The van der Waals surface area contributed by atoms with Crippen LogP contribution < -0.4 is 10.2 Å². The summed E-state index contributed by atoms with van der Waals surface area (Å²) in [6.07, 6.45) is 0.743. The minimum atomic E-state index is -0.347. The number of nitrogens with zero attached hydrogens (tertiary/aromatic N) is 1. The Labute approximate surface area is 127 Å². The van der Waals surface area contributed by atoms with Crippen LogP contribution in [-0.2, 0) is 11.2 Å². The molecule has 2 amide bonds. The molecule has 0 aliphatic carbocycles. The monoisotopic (exact) mass is 298 g/mol. The first-order valence-corrected chi connectivity index (χ1v) is 7.02. The van der Waals surface area contributed by atoms with Gasteiger partial charge in [0.25, 0.3) is 5.91 Å². The molecule has 2 aromatic rings. The number of benzene rings is 2. The van der Waals surface area contributed by atoms with Crippen molar-refractivity contribution in [1.29, 1.82) is 0 Å². The van der Waals surface area contributed by atoms with Crippen LogP contribution in [0.25, 0.3) is 0 Å². The maximum absolute atomic E-state index is 12.9. The molecule has 0 saturated carbocycles. The lowest BCUT2D eigenvalue weighted by molar-refractivity contribution is -0.116. The SMILES string of the molecule is CC(=O)N1CCc2cc(C(=O)Nc3ccc(F)cc3)ccc21. The van der Waals surface area contributed by atoms with Crippen molar-refractivity contribution in [2.24, 2.45) is 0 Å². The first kappa shape index (κ1) is 14.3. The van der Waals surface area contributed by atoms with E-state index < -0.39 is 0 Å². The number of hydrogen-bond acceptors (Lipinski definition) is 2. The molecule has 1 aliphatic heterocycles. The quantitative estimate of drug-likeness (QED) is 0.926. The van der Waals surface area contributed by atoms with Gasteiger partial charge in [0.15, 0.2) is 0 Å². The second-order valence-electron chi connectivity index (χ2n) is 5.23. The van der Waals surface area contributed by atoms with Gasteiger partial charge in [-0.1, -0.05) is 0 Å². The normalized spacial score (nSPS) is 12.9. The summed E-state index contributed by atoms with van der Waals surface area (Å²) in [7, 11) is 0. The summed E-state index contributed by atoms with van der Waals surface area (Å²) in [4.78, 5) is 25.4. The fraction of sp³-hybridized carbons (Fsp3) is 0.176. The molecule has 0 atom stereocenters. The maximum atomic E-state index is 12.9. The van der Waals surface area contributed by atoms with E-state index in [0.717, 1.165) is 17.7 Å². The smallest absolute Gasteiger partial charge is 0.255 e. The van der Waals surface area contributed by atoms with E-state index in [-0.39, 0.29) is 17.6 Å². The second-order valence-corrected chi connectivity index (χ2v) is 5.23. The predicted molar refractivity (Wildman–Crippen MR) is 82.5 cm³/mol. The third-order valence-electron chi connectivity index (χ3n) is 3.72. The molecule has 3 rings (SSSR count). The number of hydrogen-bond donors (Lipinski definition) is 1. The molecule has 1 N–H and O–H groups in total. The van der Waals surface area contributed by atoms with Crippen LogP contribution in [-0.4, -0.2) is 18.4 Å². The van der Waals surface area contributed by atoms with Crippen LogP contribution in [0.1, 0.15) is 22.8 Å². The third-order valence-corrected chi connectivity index (χ3v) is 3.72. The van der Waals surface area contributed by atoms with Crippen molar-refractivity contribution >= 4 is 23.2 Å². The maximum Gasteiger partial charge on any atom is 0.255 e. The predicted octanol–water partition coefficient (Wildman–Crippen LogP) is 2.99. The van der Waals surface area contributed by atoms with Gasteiger partial charge in [0.05, 0.1) is 0 Å². The Bertz CT molecular complexity index is 741. The minimum absolute atomic E-state index is 0.00210. The van der Waals surface area contributed by atoms with Crippen molar-refractivity contribution in [3.63, 3.8) is 0 Å². The van der Waals surface area contributed by atoms with Crippen LogP contribution in [0.5, 0.6) is 0 Å². The number of amides is 2. The first-order chi connectivity index (χ1) is 10.5. The number of halogens is 1. The summed E-state index contributed by atoms with van der Waals surface area (Å²) in [6, 6.07) is 10.9. The van der Waals surface area contributed by atoms with E-state index in [9.17, 15) is 14.0 Å². The Balaban J connectivity index is 1.80. The van der Waals surface area contributed by atoms with Gasteiger partial charge in [-0.25, -0.2) is 4.39 Å². The summed E-state index contributed by atoms with van der Waals surface area (Å²) in [5, 5.41) is 2.72. The highest BCUT2D eigenvalue weighted by Crippen LogP contribution is 2.29. The molecule has 0 unspecified atom stereocenters. The van der Waals surface area contributed by atoms with Crippen LogP contribution >= 0.6 is 0 Å². The van der Waals surface area contributed by atoms with Crippen LogP contribution in [0.3, 0.4) is 0 Å². The number of anilines is 2. The highest BCUT2D eigenvalue weighted by Gasteiger charge is 2.23. The first-order valence-electron chi connectivity index (χ1n) is 7.02. The fourth-order valence-electron chi connectivity index (χ4n) is 2.61. The molecule has 5 heteroatoms. The van der Waals surface area contributed by atoms with Crippen LogP contribution in [0.2, 0.25) is 0 Å². The molecule has 0 saturated heterocycles. The van der Waals surface area contributed by atoms with Crippen LogP contribution in [0.15, 0.2) is 42.5 Å². The van der Waals surface area contributed by atoms with E-state index in [1.54, 1.807) is 23.1 Å². The largest absolute Gasteiger partial charge is 0.322 e. The van der Waals surface area contributed by atoms with Gasteiger partial charge in [-0.3, -0.25) is 9.59 Å². The van der Waals surface area contributed by atoms with Gasteiger partial charge < -0.3 is 10.2 Å². The third kappa shape index (κ3) is 2.70. The Morgan fingerprint density at radius 2 is 1.86 bits per heavy atom. The van der Waals surface area contributed by atoms with Gasteiger partial charge in [-0.05, 0) is 54.4 Å². The van der Waals surface area contributed by atoms with E-state index in [1.807, 2.05) is 0 Å². The lowest BCUT2D eigenvalue weighted by Gasteiger charge is -2.14. The topological polar surface area (TPSA) is 49.4 Å². The molecule has 1 aliphatic rings.